The molecule has 0 spiro atoms. The summed E-state index contributed by atoms with van der Waals surface area (Å²) < 4.78 is 29.1. The number of rotatable bonds is 8. The summed E-state index contributed by atoms with van der Waals surface area (Å²) in [5.41, 5.74) is 0. The summed E-state index contributed by atoms with van der Waals surface area (Å²) in [6, 6.07) is 0. The molecule has 0 aliphatic rings. The van der Waals surface area contributed by atoms with Crippen LogP contribution in [-0.2, 0) is 19.6 Å². The van der Waals surface area contributed by atoms with Gasteiger partial charge >= 0.3 is 5.97 Å². The first-order valence-corrected chi connectivity index (χ1v) is 6.32. The highest BCUT2D eigenvalue weighted by atomic mass is 32.2. The topological polar surface area (TPSA) is 92.7 Å². The Bertz CT molecular complexity index is 275. The number of aliphatic hydroxyl groups excluding tert-OH is 1. The molecule has 0 saturated heterocycles. The van der Waals surface area contributed by atoms with Crippen LogP contribution in [0.2, 0.25) is 0 Å². The molecule has 0 aromatic rings. The third-order valence-corrected chi connectivity index (χ3v) is 3.15. The summed E-state index contributed by atoms with van der Waals surface area (Å²) in [6.07, 6.45) is 0.717. The van der Waals surface area contributed by atoms with Crippen LogP contribution in [0.1, 0.15) is 19.3 Å². The van der Waals surface area contributed by atoms with Crippen molar-refractivity contribution in [3.05, 3.63) is 0 Å². The second-order valence-electron chi connectivity index (χ2n) is 2.97. The summed E-state index contributed by atoms with van der Waals surface area (Å²) in [6.45, 7) is 0.168. The summed E-state index contributed by atoms with van der Waals surface area (Å²) >= 11 is 0. The van der Waals surface area contributed by atoms with Crippen molar-refractivity contribution in [1.29, 1.82) is 0 Å². The van der Waals surface area contributed by atoms with Crippen LogP contribution >= 0.6 is 0 Å². The highest BCUT2D eigenvalue weighted by molar-refractivity contribution is 7.89. The first-order valence-electron chi connectivity index (χ1n) is 4.67. The highest BCUT2D eigenvalue weighted by Crippen LogP contribution is 1.96. The van der Waals surface area contributed by atoms with E-state index in [0.29, 0.717) is 6.42 Å². The van der Waals surface area contributed by atoms with Crippen LogP contribution in [0.5, 0.6) is 0 Å². The van der Waals surface area contributed by atoms with Gasteiger partial charge < -0.3 is 9.84 Å². The van der Waals surface area contributed by atoms with Gasteiger partial charge in [0.05, 0.1) is 12.9 Å². The lowest BCUT2D eigenvalue weighted by atomic mass is 10.3. The van der Waals surface area contributed by atoms with Crippen LogP contribution in [0.15, 0.2) is 0 Å². The van der Waals surface area contributed by atoms with E-state index < -0.39 is 16.0 Å². The molecule has 0 radical (unpaired) electrons. The number of hydrogen-bond donors (Lipinski definition) is 2. The smallest absolute Gasteiger partial charge is 0.305 e. The monoisotopic (exact) mass is 239 g/mol. The van der Waals surface area contributed by atoms with Crippen molar-refractivity contribution < 1.29 is 23.1 Å². The van der Waals surface area contributed by atoms with Gasteiger partial charge in [0.15, 0.2) is 0 Å². The molecule has 7 heteroatoms. The first kappa shape index (κ1) is 14.3. The second-order valence-corrected chi connectivity index (χ2v) is 4.90. The normalized spacial score (nSPS) is 11.3. The van der Waals surface area contributed by atoms with Crippen LogP contribution in [0.25, 0.3) is 0 Å². The summed E-state index contributed by atoms with van der Waals surface area (Å²) in [5, 5.41) is 8.45. The molecule has 0 unspecified atom stereocenters. The summed E-state index contributed by atoms with van der Waals surface area (Å²) in [5.74, 6) is -0.520. The van der Waals surface area contributed by atoms with Gasteiger partial charge in [0.2, 0.25) is 10.0 Å². The van der Waals surface area contributed by atoms with Crippen molar-refractivity contribution in [3.63, 3.8) is 0 Å². The Morgan fingerprint density at radius 2 is 2.07 bits per heavy atom. The Labute approximate surface area is 89.7 Å². The standard InChI is InChI=1S/C8H17NO5S/c1-14-8(11)4-2-7-15(12,13)9-5-3-6-10/h9-10H,2-7H2,1H3. The molecule has 0 aromatic carbocycles. The number of sulfonamides is 1. The van der Waals surface area contributed by atoms with Gasteiger partial charge in [0, 0.05) is 19.6 Å². The van der Waals surface area contributed by atoms with Crippen molar-refractivity contribution in [2.75, 3.05) is 26.0 Å². The highest BCUT2D eigenvalue weighted by Gasteiger charge is 2.10. The van der Waals surface area contributed by atoms with E-state index in [4.69, 9.17) is 5.11 Å². The minimum Gasteiger partial charge on any atom is -0.469 e. The summed E-state index contributed by atoms with van der Waals surface area (Å²) in [7, 11) is -2.07. The van der Waals surface area contributed by atoms with Gasteiger partial charge in [-0.1, -0.05) is 0 Å². The van der Waals surface area contributed by atoms with E-state index in [1.165, 1.54) is 7.11 Å². The molecule has 0 rings (SSSR count). The molecular weight excluding hydrogens is 222 g/mol. The quantitative estimate of drug-likeness (QED) is 0.429. The number of ether oxygens (including phenoxy) is 1. The van der Waals surface area contributed by atoms with E-state index in [-0.39, 0.29) is 31.7 Å². The van der Waals surface area contributed by atoms with Crippen LogP contribution in [0.4, 0.5) is 0 Å². The lowest BCUT2D eigenvalue weighted by Gasteiger charge is -2.04. The maximum Gasteiger partial charge on any atom is 0.305 e. The molecule has 6 nitrogen and oxygen atoms in total. The second kappa shape index (κ2) is 7.61. The molecule has 15 heavy (non-hydrogen) atoms. The summed E-state index contributed by atoms with van der Waals surface area (Å²) in [4.78, 5) is 10.7. The molecule has 0 bridgehead atoms. The van der Waals surface area contributed by atoms with E-state index in [9.17, 15) is 13.2 Å². The van der Waals surface area contributed by atoms with Crippen LogP contribution in [0, 0.1) is 0 Å². The fourth-order valence-electron chi connectivity index (χ4n) is 0.887. The molecule has 0 heterocycles. The maximum atomic E-state index is 11.2. The van der Waals surface area contributed by atoms with E-state index in [2.05, 4.69) is 9.46 Å². The van der Waals surface area contributed by atoms with E-state index in [1.807, 2.05) is 0 Å². The number of methoxy groups -OCH3 is 1. The van der Waals surface area contributed by atoms with E-state index in [0.717, 1.165) is 0 Å². The van der Waals surface area contributed by atoms with Crippen LogP contribution < -0.4 is 4.72 Å². The Morgan fingerprint density at radius 1 is 1.40 bits per heavy atom. The first-order chi connectivity index (χ1) is 7.02. The van der Waals surface area contributed by atoms with Gasteiger partial charge in [-0.15, -0.1) is 0 Å². The molecule has 0 aliphatic heterocycles. The molecule has 0 aliphatic carbocycles. The van der Waals surface area contributed by atoms with Gasteiger partial charge in [-0.3, -0.25) is 4.79 Å². The largest absolute Gasteiger partial charge is 0.469 e. The lowest BCUT2D eigenvalue weighted by molar-refractivity contribution is -0.140. The Morgan fingerprint density at radius 3 is 2.60 bits per heavy atom. The molecule has 0 aromatic heterocycles. The molecule has 0 atom stereocenters. The SMILES string of the molecule is COC(=O)CCCS(=O)(=O)NCCCO. The lowest BCUT2D eigenvalue weighted by Crippen LogP contribution is -2.28. The van der Waals surface area contributed by atoms with Gasteiger partial charge in [-0.05, 0) is 12.8 Å². The molecule has 0 fully saturated rings. The molecule has 90 valence electrons. The molecule has 0 saturated carbocycles. The van der Waals surface area contributed by atoms with Gasteiger partial charge in [-0.25, -0.2) is 13.1 Å². The van der Waals surface area contributed by atoms with Crippen molar-refractivity contribution in [1.82, 2.24) is 4.72 Å². The molecule has 0 amide bonds. The Balaban J connectivity index is 3.70. The van der Waals surface area contributed by atoms with Crippen molar-refractivity contribution in [2.45, 2.75) is 19.3 Å². The predicted octanol–water partition coefficient (Wildman–Crippen LogP) is -0.759. The third-order valence-electron chi connectivity index (χ3n) is 1.68. The van der Waals surface area contributed by atoms with Crippen LogP contribution in [-0.4, -0.2) is 45.5 Å². The zero-order valence-corrected chi connectivity index (χ0v) is 9.55. The number of esters is 1. The van der Waals surface area contributed by atoms with Crippen LogP contribution in [0.3, 0.4) is 0 Å². The molecule has 2 N–H and O–H groups in total. The third kappa shape index (κ3) is 8.34. The minimum atomic E-state index is -3.33. The number of carbonyl (C=O) groups is 1. The van der Waals surface area contributed by atoms with E-state index in [1.54, 1.807) is 0 Å². The fraction of sp³-hybridized carbons (Fsp3) is 0.875. The van der Waals surface area contributed by atoms with Crippen molar-refractivity contribution in [2.24, 2.45) is 0 Å². The average molecular weight is 239 g/mol. The number of hydrogen-bond acceptors (Lipinski definition) is 5. The number of nitrogens with one attached hydrogen (secondary N) is 1. The Kier molecular flexibility index (Phi) is 7.27. The number of carbonyl (C=O) groups excluding carboxylic acids is 1. The predicted molar refractivity (Wildman–Crippen MR) is 54.7 cm³/mol. The van der Waals surface area contributed by atoms with Crippen molar-refractivity contribution >= 4 is 16.0 Å². The van der Waals surface area contributed by atoms with Crippen molar-refractivity contribution in [3.8, 4) is 0 Å². The van der Waals surface area contributed by atoms with Gasteiger partial charge in [-0.2, -0.15) is 0 Å². The zero-order valence-electron chi connectivity index (χ0n) is 8.73. The van der Waals surface area contributed by atoms with Gasteiger partial charge in [0.25, 0.3) is 0 Å². The Hall–Kier alpha value is -0.660. The van der Waals surface area contributed by atoms with E-state index >= 15 is 0 Å². The zero-order chi connectivity index (χ0) is 11.7. The fourth-order valence-corrected chi connectivity index (χ4v) is 2.01. The maximum absolute atomic E-state index is 11.2. The average Bonchev–Trinajstić information content (AvgIpc) is 2.17. The molecular formula is C8H17NO5S. The minimum absolute atomic E-state index is 0.0509. The van der Waals surface area contributed by atoms with Gasteiger partial charge in [0.1, 0.15) is 0 Å². The number of aliphatic hydroxyl groups is 1.